The highest BCUT2D eigenvalue weighted by molar-refractivity contribution is 7.18. The van der Waals surface area contributed by atoms with Crippen LogP contribution in [0.2, 0.25) is 5.02 Å². The van der Waals surface area contributed by atoms with Gasteiger partial charge in [0.25, 0.3) is 0 Å². The number of benzene rings is 1. The Balaban J connectivity index is 2.45. The van der Waals surface area contributed by atoms with Crippen molar-refractivity contribution in [3.05, 3.63) is 49.3 Å². The van der Waals surface area contributed by atoms with Crippen molar-refractivity contribution < 1.29 is 28.7 Å². The summed E-state index contributed by atoms with van der Waals surface area (Å²) in [7, 11) is 2.33. The topological polar surface area (TPSA) is 131 Å². The van der Waals surface area contributed by atoms with E-state index in [1.54, 1.807) is 0 Å². The number of nitro groups is 1. The van der Waals surface area contributed by atoms with E-state index in [1.165, 1.54) is 19.2 Å². The monoisotopic (exact) mass is 400 g/mol. The number of anilines is 1. The molecule has 0 aliphatic rings. The van der Waals surface area contributed by atoms with E-state index >= 15 is 0 Å². The van der Waals surface area contributed by atoms with E-state index in [2.05, 4.69) is 9.47 Å². The fourth-order valence-corrected chi connectivity index (χ4v) is 3.26. The number of carbonyl (C=O) groups is 2. The van der Waals surface area contributed by atoms with Crippen molar-refractivity contribution in [2.24, 2.45) is 0 Å². The molecule has 1 aromatic heterocycles. The number of ether oxygens (including phenoxy) is 3. The summed E-state index contributed by atoms with van der Waals surface area (Å²) in [6.07, 6.45) is 0. The van der Waals surface area contributed by atoms with Crippen LogP contribution < -0.4 is 10.5 Å². The van der Waals surface area contributed by atoms with Gasteiger partial charge in [0.05, 0.1) is 19.1 Å². The molecule has 11 heteroatoms. The Labute approximate surface area is 156 Å². The standard InChI is InChI=1S/C15H13ClN2O7S/c1-23-14(19)11-8(12(15(20)24-2)26-13(11)17)6-25-10-4-3-7(16)5-9(10)18(21)22/h3-5H,6,17H2,1-2H3. The Morgan fingerprint density at radius 1 is 1.27 bits per heavy atom. The number of nitrogens with two attached hydrogens (primary N) is 1. The Hall–Kier alpha value is -2.85. The van der Waals surface area contributed by atoms with Crippen LogP contribution in [0.3, 0.4) is 0 Å². The van der Waals surface area contributed by atoms with Crippen molar-refractivity contribution >= 4 is 45.6 Å². The van der Waals surface area contributed by atoms with Crippen LogP contribution in [0.1, 0.15) is 25.6 Å². The average molecular weight is 401 g/mol. The maximum atomic E-state index is 12.0. The van der Waals surface area contributed by atoms with Gasteiger partial charge in [-0.2, -0.15) is 0 Å². The molecule has 0 saturated heterocycles. The Kier molecular flexibility index (Phi) is 6.01. The minimum atomic E-state index is -0.766. The lowest BCUT2D eigenvalue weighted by Crippen LogP contribution is -2.11. The van der Waals surface area contributed by atoms with Gasteiger partial charge in [-0.25, -0.2) is 9.59 Å². The fourth-order valence-electron chi connectivity index (χ4n) is 2.11. The maximum Gasteiger partial charge on any atom is 0.348 e. The number of halogens is 1. The summed E-state index contributed by atoms with van der Waals surface area (Å²) in [4.78, 5) is 34.4. The first-order valence-electron chi connectivity index (χ1n) is 6.94. The van der Waals surface area contributed by atoms with Gasteiger partial charge >= 0.3 is 17.6 Å². The van der Waals surface area contributed by atoms with Gasteiger partial charge in [0.15, 0.2) is 5.75 Å². The highest BCUT2D eigenvalue weighted by Crippen LogP contribution is 2.35. The van der Waals surface area contributed by atoms with E-state index in [1.807, 2.05) is 0 Å². The quantitative estimate of drug-likeness (QED) is 0.444. The second kappa shape index (κ2) is 8.02. The van der Waals surface area contributed by atoms with Gasteiger partial charge in [-0.05, 0) is 12.1 Å². The molecule has 0 bridgehead atoms. The highest BCUT2D eigenvalue weighted by atomic mass is 35.5. The summed E-state index contributed by atoms with van der Waals surface area (Å²) in [5.41, 5.74) is 5.52. The van der Waals surface area contributed by atoms with E-state index in [4.69, 9.17) is 22.1 Å². The van der Waals surface area contributed by atoms with Crippen molar-refractivity contribution in [3.63, 3.8) is 0 Å². The molecule has 0 unspecified atom stereocenters. The second-order valence-corrected chi connectivity index (χ2v) is 6.28. The molecule has 0 aliphatic carbocycles. The number of nitro benzene ring substituents is 1. The number of nitrogen functional groups attached to an aromatic ring is 1. The van der Waals surface area contributed by atoms with Crippen LogP contribution in [-0.2, 0) is 16.1 Å². The van der Waals surface area contributed by atoms with E-state index in [0.29, 0.717) is 0 Å². The Morgan fingerprint density at radius 3 is 2.50 bits per heavy atom. The molecule has 0 atom stereocenters. The largest absolute Gasteiger partial charge is 0.482 e. The summed E-state index contributed by atoms with van der Waals surface area (Å²) < 4.78 is 14.8. The van der Waals surface area contributed by atoms with Crippen LogP contribution in [0.25, 0.3) is 0 Å². The summed E-state index contributed by atoms with van der Waals surface area (Å²) >= 11 is 6.59. The van der Waals surface area contributed by atoms with Crippen LogP contribution >= 0.6 is 22.9 Å². The molecular weight excluding hydrogens is 388 g/mol. The zero-order chi connectivity index (χ0) is 19.4. The van der Waals surface area contributed by atoms with Crippen molar-refractivity contribution in [1.29, 1.82) is 0 Å². The third kappa shape index (κ3) is 3.86. The second-order valence-electron chi connectivity index (χ2n) is 4.79. The van der Waals surface area contributed by atoms with E-state index in [0.717, 1.165) is 24.5 Å². The number of thiophene rings is 1. The predicted molar refractivity (Wildman–Crippen MR) is 93.8 cm³/mol. The van der Waals surface area contributed by atoms with E-state index in [9.17, 15) is 19.7 Å². The fraction of sp³-hybridized carbons (Fsp3) is 0.200. The lowest BCUT2D eigenvalue weighted by atomic mass is 10.1. The average Bonchev–Trinajstić information content (AvgIpc) is 2.95. The van der Waals surface area contributed by atoms with Gasteiger partial charge < -0.3 is 19.9 Å². The molecule has 0 amide bonds. The minimum Gasteiger partial charge on any atom is -0.482 e. The first-order valence-corrected chi connectivity index (χ1v) is 8.14. The third-order valence-corrected chi connectivity index (χ3v) is 4.56. The molecule has 2 rings (SSSR count). The number of carbonyl (C=O) groups excluding carboxylic acids is 2. The van der Waals surface area contributed by atoms with Crippen LogP contribution in [0.5, 0.6) is 5.75 Å². The zero-order valence-corrected chi connectivity index (χ0v) is 15.2. The first kappa shape index (κ1) is 19.5. The first-order chi connectivity index (χ1) is 12.3. The summed E-state index contributed by atoms with van der Waals surface area (Å²) in [6.45, 7) is -0.342. The molecule has 1 aromatic carbocycles. The van der Waals surface area contributed by atoms with Gasteiger partial charge in [-0.1, -0.05) is 11.6 Å². The Morgan fingerprint density at radius 2 is 1.92 bits per heavy atom. The van der Waals surface area contributed by atoms with E-state index in [-0.39, 0.29) is 44.1 Å². The van der Waals surface area contributed by atoms with Gasteiger partial charge in [0.1, 0.15) is 22.0 Å². The summed E-state index contributed by atoms with van der Waals surface area (Å²) in [6, 6.07) is 3.85. The summed E-state index contributed by atoms with van der Waals surface area (Å²) in [5, 5.41) is 11.3. The highest BCUT2D eigenvalue weighted by Gasteiger charge is 2.28. The number of nitrogens with zero attached hydrogens (tertiary/aromatic N) is 1. The van der Waals surface area contributed by atoms with E-state index < -0.39 is 16.9 Å². The van der Waals surface area contributed by atoms with Gasteiger partial charge in [0, 0.05) is 16.7 Å². The van der Waals surface area contributed by atoms with Gasteiger partial charge in [-0.3, -0.25) is 10.1 Å². The van der Waals surface area contributed by atoms with Crippen molar-refractivity contribution in [2.45, 2.75) is 6.61 Å². The number of hydrogen-bond donors (Lipinski definition) is 1. The van der Waals surface area contributed by atoms with Gasteiger partial charge in [0.2, 0.25) is 0 Å². The number of hydrogen-bond acceptors (Lipinski definition) is 9. The molecule has 0 saturated carbocycles. The van der Waals surface area contributed by atoms with Crippen LogP contribution in [0.15, 0.2) is 18.2 Å². The van der Waals surface area contributed by atoms with Crippen molar-refractivity contribution in [2.75, 3.05) is 20.0 Å². The van der Waals surface area contributed by atoms with Crippen LogP contribution in [0.4, 0.5) is 10.7 Å². The number of esters is 2. The van der Waals surface area contributed by atoms with Crippen LogP contribution in [0, 0.1) is 10.1 Å². The maximum absolute atomic E-state index is 12.0. The van der Waals surface area contributed by atoms with Crippen LogP contribution in [-0.4, -0.2) is 31.1 Å². The molecule has 138 valence electrons. The smallest absolute Gasteiger partial charge is 0.348 e. The van der Waals surface area contributed by atoms with Gasteiger partial charge in [-0.15, -0.1) is 11.3 Å². The molecular formula is C15H13ClN2O7S. The molecule has 0 spiro atoms. The normalized spacial score (nSPS) is 10.3. The zero-order valence-electron chi connectivity index (χ0n) is 13.6. The third-order valence-electron chi connectivity index (χ3n) is 3.28. The molecule has 0 radical (unpaired) electrons. The lowest BCUT2D eigenvalue weighted by Gasteiger charge is -2.09. The lowest BCUT2D eigenvalue weighted by molar-refractivity contribution is -0.385. The van der Waals surface area contributed by atoms with Crippen molar-refractivity contribution in [1.82, 2.24) is 0 Å². The minimum absolute atomic E-state index is 0.0430. The summed E-state index contributed by atoms with van der Waals surface area (Å²) in [5.74, 6) is -1.57. The molecule has 9 nitrogen and oxygen atoms in total. The molecule has 2 N–H and O–H groups in total. The number of rotatable bonds is 6. The molecule has 26 heavy (non-hydrogen) atoms. The van der Waals surface area contributed by atoms with Crippen molar-refractivity contribution in [3.8, 4) is 5.75 Å². The predicted octanol–water partition coefficient (Wildman–Crippen LogP) is 3.04. The number of methoxy groups -OCH3 is 2. The molecule has 1 heterocycles. The Bertz CT molecular complexity index is 881. The SMILES string of the molecule is COC(=O)c1sc(N)c(C(=O)OC)c1COc1ccc(Cl)cc1[N+](=O)[O-]. The molecule has 2 aromatic rings. The molecule has 0 aliphatic heterocycles. The molecule has 0 fully saturated rings.